The van der Waals surface area contributed by atoms with Gasteiger partial charge in [-0.2, -0.15) is 10.2 Å². The van der Waals surface area contributed by atoms with Gasteiger partial charge in [-0.15, -0.1) is 5.10 Å². The number of anilines is 1. The Balaban J connectivity index is 1.60. The maximum atomic E-state index is 4.23. The molecule has 124 valence electrons. The molecular formula is C17H26N6. The molecule has 0 aromatic carbocycles. The average Bonchev–Trinajstić information content (AvgIpc) is 3.03. The second-order valence-corrected chi connectivity index (χ2v) is 7.27. The monoisotopic (exact) mass is 314 g/mol. The van der Waals surface area contributed by atoms with E-state index < -0.39 is 0 Å². The van der Waals surface area contributed by atoms with Gasteiger partial charge in [0.25, 0.3) is 0 Å². The first kappa shape index (κ1) is 15.9. The summed E-state index contributed by atoms with van der Waals surface area (Å²) >= 11 is 0. The molecule has 0 spiro atoms. The Morgan fingerprint density at radius 1 is 1.39 bits per heavy atom. The Morgan fingerprint density at radius 2 is 2.26 bits per heavy atom. The third-order valence-corrected chi connectivity index (χ3v) is 4.35. The van der Waals surface area contributed by atoms with Crippen LogP contribution in [0, 0.1) is 0 Å². The molecule has 2 aromatic heterocycles. The first-order chi connectivity index (χ1) is 11.0. The summed E-state index contributed by atoms with van der Waals surface area (Å²) in [5, 5.41) is 19.3. The van der Waals surface area contributed by atoms with E-state index in [0.717, 1.165) is 25.5 Å². The minimum atomic E-state index is 0.0890. The molecule has 0 aliphatic carbocycles. The van der Waals surface area contributed by atoms with Crippen LogP contribution >= 0.6 is 0 Å². The average molecular weight is 314 g/mol. The van der Waals surface area contributed by atoms with Gasteiger partial charge in [0.05, 0.1) is 6.20 Å². The zero-order valence-electron chi connectivity index (χ0n) is 14.2. The number of rotatable bonds is 4. The van der Waals surface area contributed by atoms with Crippen molar-refractivity contribution in [3.8, 4) is 0 Å². The summed E-state index contributed by atoms with van der Waals surface area (Å²) in [6.45, 7) is 9.50. The van der Waals surface area contributed by atoms with E-state index in [1.54, 1.807) is 6.20 Å². The standard InChI is InChI=1S/C17H26N6/c1-17(2,3)16-13(11-20-22-16)10-18-14-6-5-9-23(12-14)15-7-4-8-19-21-15/h4,7-8,11,14,18H,5-6,9-10,12H2,1-3H3,(H,20,22)/t14-/m0/s1. The van der Waals surface area contributed by atoms with Crippen molar-refractivity contribution >= 4 is 5.82 Å². The van der Waals surface area contributed by atoms with Gasteiger partial charge in [0.1, 0.15) is 0 Å². The molecule has 0 radical (unpaired) electrons. The van der Waals surface area contributed by atoms with Gasteiger partial charge in [-0.05, 0) is 25.0 Å². The fourth-order valence-electron chi connectivity index (χ4n) is 3.16. The summed E-state index contributed by atoms with van der Waals surface area (Å²) in [6.07, 6.45) is 6.03. The topological polar surface area (TPSA) is 69.7 Å². The Morgan fingerprint density at radius 3 is 3.00 bits per heavy atom. The predicted octanol–water partition coefficient (Wildman–Crippen LogP) is 2.26. The number of aromatic nitrogens is 4. The van der Waals surface area contributed by atoms with E-state index in [1.807, 2.05) is 18.3 Å². The number of nitrogens with one attached hydrogen (secondary N) is 2. The van der Waals surface area contributed by atoms with Gasteiger partial charge in [0, 0.05) is 48.5 Å². The summed E-state index contributed by atoms with van der Waals surface area (Å²) in [6, 6.07) is 4.44. The molecule has 2 N–H and O–H groups in total. The number of nitrogens with zero attached hydrogens (tertiary/aromatic N) is 4. The zero-order chi connectivity index (χ0) is 16.3. The molecule has 1 fully saturated rings. The van der Waals surface area contributed by atoms with Crippen LogP contribution in [0.3, 0.4) is 0 Å². The fraction of sp³-hybridized carbons (Fsp3) is 0.588. The maximum Gasteiger partial charge on any atom is 0.151 e. The van der Waals surface area contributed by atoms with Crippen molar-refractivity contribution in [3.63, 3.8) is 0 Å². The summed E-state index contributed by atoms with van der Waals surface area (Å²) in [5.41, 5.74) is 2.56. The van der Waals surface area contributed by atoms with Crippen molar-refractivity contribution < 1.29 is 0 Å². The molecule has 0 amide bonds. The van der Waals surface area contributed by atoms with Gasteiger partial charge in [0.2, 0.25) is 0 Å². The predicted molar refractivity (Wildman–Crippen MR) is 91.4 cm³/mol. The SMILES string of the molecule is CC(C)(C)c1[nH]ncc1CN[C@H]1CCCN(c2cccnn2)C1. The zero-order valence-corrected chi connectivity index (χ0v) is 14.2. The van der Waals surface area contributed by atoms with Crippen LogP contribution in [0.15, 0.2) is 24.5 Å². The summed E-state index contributed by atoms with van der Waals surface area (Å²) < 4.78 is 0. The van der Waals surface area contributed by atoms with Gasteiger partial charge in [-0.1, -0.05) is 20.8 Å². The highest BCUT2D eigenvalue weighted by Crippen LogP contribution is 2.24. The minimum Gasteiger partial charge on any atom is -0.354 e. The third-order valence-electron chi connectivity index (χ3n) is 4.35. The molecule has 6 nitrogen and oxygen atoms in total. The van der Waals surface area contributed by atoms with Crippen LogP contribution in [-0.2, 0) is 12.0 Å². The summed E-state index contributed by atoms with van der Waals surface area (Å²) in [5.74, 6) is 0.970. The summed E-state index contributed by atoms with van der Waals surface area (Å²) in [4.78, 5) is 2.31. The van der Waals surface area contributed by atoms with Gasteiger partial charge >= 0.3 is 0 Å². The van der Waals surface area contributed by atoms with Crippen molar-refractivity contribution in [2.75, 3.05) is 18.0 Å². The van der Waals surface area contributed by atoms with Crippen molar-refractivity contribution in [2.45, 2.75) is 51.6 Å². The lowest BCUT2D eigenvalue weighted by atomic mass is 9.89. The van der Waals surface area contributed by atoms with E-state index in [4.69, 9.17) is 0 Å². The normalized spacial score (nSPS) is 19.1. The van der Waals surface area contributed by atoms with Crippen LogP contribution in [0.5, 0.6) is 0 Å². The Labute approximate surface area is 137 Å². The van der Waals surface area contributed by atoms with Crippen molar-refractivity contribution in [1.82, 2.24) is 25.7 Å². The van der Waals surface area contributed by atoms with Crippen LogP contribution in [0.4, 0.5) is 5.82 Å². The fourth-order valence-corrected chi connectivity index (χ4v) is 3.16. The molecule has 2 aromatic rings. The molecule has 1 aliphatic rings. The van der Waals surface area contributed by atoms with Crippen molar-refractivity contribution in [3.05, 3.63) is 35.8 Å². The lowest BCUT2D eigenvalue weighted by Crippen LogP contribution is -2.46. The largest absolute Gasteiger partial charge is 0.354 e. The van der Waals surface area contributed by atoms with Crippen LogP contribution in [0.25, 0.3) is 0 Å². The van der Waals surface area contributed by atoms with Gasteiger partial charge in [0.15, 0.2) is 5.82 Å². The number of piperidine rings is 1. The molecular weight excluding hydrogens is 288 g/mol. The maximum absolute atomic E-state index is 4.23. The van der Waals surface area contributed by atoms with Crippen LogP contribution < -0.4 is 10.2 Å². The van der Waals surface area contributed by atoms with Crippen molar-refractivity contribution in [2.24, 2.45) is 0 Å². The Hall–Kier alpha value is -1.95. The van der Waals surface area contributed by atoms with E-state index in [1.165, 1.54) is 24.1 Å². The minimum absolute atomic E-state index is 0.0890. The third kappa shape index (κ3) is 3.88. The highest BCUT2D eigenvalue weighted by Gasteiger charge is 2.23. The molecule has 0 unspecified atom stereocenters. The molecule has 1 saturated heterocycles. The molecule has 0 bridgehead atoms. The second kappa shape index (κ2) is 6.66. The van der Waals surface area contributed by atoms with Gasteiger partial charge in [-0.3, -0.25) is 5.10 Å². The molecule has 6 heteroatoms. The number of hydrogen-bond acceptors (Lipinski definition) is 5. The lowest BCUT2D eigenvalue weighted by Gasteiger charge is -2.34. The van der Waals surface area contributed by atoms with Crippen LogP contribution in [0.1, 0.15) is 44.9 Å². The molecule has 1 atom stereocenters. The quantitative estimate of drug-likeness (QED) is 0.906. The second-order valence-electron chi connectivity index (χ2n) is 7.27. The first-order valence-electron chi connectivity index (χ1n) is 8.33. The number of H-pyrrole nitrogens is 1. The summed E-state index contributed by atoms with van der Waals surface area (Å²) in [7, 11) is 0. The van der Waals surface area contributed by atoms with E-state index in [-0.39, 0.29) is 5.41 Å². The molecule has 23 heavy (non-hydrogen) atoms. The van der Waals surface area contributed by atoms with E-state index >= 15 is 0 Å². The Bertz CT molecular complexity index is 616. The Kier molecular flexibility index (Phi) is 4.61. The van der Waals surface area contributed by atoms with Crippen LogP contribution in [-0.4, -0.2) is 39.5 Å². The molecule has 3 heterocycles. The lowest BCUT2D eigenvalue weighted by molar-refractivity contribution is 0.417. The molecule has 1 aliphatic heterocycles. The first-order valence-corrected chi connectivity index (χ1v) is 8.33. The number of aromatic amines is 1. The smallest absolute Gasteiger partial charge is 0.151 e. The van der Waals surface area contributed by atoms with Crippen molar-refractivity contribution in [1.29, 1.82) is 0 Å². The number of hydrogen-bond donors (Lipinski definition) is 2. The molecule has 3 rings (SSSR count). The van der Waals surface area contributed by atoms with Crippen LogP contribution in [0.2, 0.25) is 0 Å². The molecule has 0 saturated carbocycles. The van der Waals surface area contributed by atoms with E-state index in [2.05, 4.69) is 51.4 Å². The highest BCUT2D eigenvalue weighted by atomic mass is 15.3. The van der Waals surface area contributed by atoms with E-state index in [9.17, 15) is 0 Å². The highest BCUT2D eigenvalue weighted by molar-refractivity contribution is 5.37. The van der Waals surface area contributed by atoms with Gasteiger partial charge in [-0.25, -0.2) is 0 Å². The van der Waals surface area contributed by atoms with Gasteiger partial charge < -0.3 is 10.2 Å². The van der Waals surface area contributed by atoms with E-state index in [0.29, 0.717) is 6.04 Å².